The molecule has 4 saturated carbocycles. The summed E-state index contributed by atoms with van der Waals surface area (Å²) in [5.74, 6) is 3.21. The van der Waals surface area contributed by atoms with E-state index in [2.05, 4.69) is 13.8 Å². The highest BCUT2D eigenvalue weighted by Gasteiger charge is 2.59. The number of esters is 1. The van der Waals surface area contributed by atoms with Crippen LogP contribution in [-0.2, 0) is 14.3 Å². The van der Waals surface area contributed by atoms with Crippen molar-refractivity contribution in [2.24, 2.45) is 34.5 Å². The van der Waals surface area contributed by atoms with Gasteiger partial charge in [0.15, 0.2) is 0 Å². The van der Waals surface area contributed by atoms with Crippen LogP contribution in [0.4, 0.5) is 0 Å². The van der Waals surface area contributed by atoms with Crippen molar-refractivity contribution >= 4 is 11.8 Å². The van der Waals surface area contributed by atoms with Gasteiger partial charge < -0.3 is 4.74 Å². The fraction of sp³-hybridized carbons (Fsp3) is 0.826. The predicted molar refractivity (Wildman–Crippen MR) is 101 cm³/mol. The van der Waals surface area contributed by atoms with Gasteiger partial charge in [0.2, 0.25) is 0 Å². The van der Waals surface area contributed by atoms with Crippen molar-refractivity contribution in [3.05, 3.63) is 11.6 Å². The summed E-state index contributed by atoms with van der Waals surface area (Å²) in [6.07, 6.45) is 11.9. The highest BCUT2D eigenvalue weighted by Crippen LogP contribution is 2.65. The molecule has 144 valence electrons. The molecule has 3 heteroatoms. The summed E-state index contributed by atoms with van der Waals surface area (Å²) in [6.45, 7) is 7.10. The number of hydrogen-bond donors (Lipinski definition) is 0. The summed E-state index contributed by atoms with van der Waals surface area (Å²) in [5, 5.41) is 0. The number of fused-ring (bicyclic) bond motifs is 5. The predicted octanol–water partition coefficient (Wildman–Crippen LogP) is 5.09. The Balaban J connectivity index is 1.52. The van der Waals surface area contributed by atoms with Crippen molar-refractivity contribution < 1.29 is 14.3 Å². The van der Waals surface area contributed by atoms with E-state index < -0.39 is 0 Å². The summed E-state index contributed by atoms with van der Waals surface area (Å²) in [5.41, 5.74) is 1.66. The minimum Gasteiger partial charge on any atom is -0.463 e. The Morgan fingerprint density at radius 1 is 1.12 bits per heavy atom. The molecule has 4 aliphatic rings. The first kappa shape index (κ1) is 18.3. The molecule has 0 aliphatic heterocycles. The van der Waals surface area contributed by atoms with E-state index in [4.69, 9.17) is 4.74 Å². The van der Waals surface area contributed by atoms with Crippen LogP contribution in [0, 0.1) is 34.5 Å². The third-order valence-corrected chi connectivity index (χ3v) is 8.88. The van der Waals surface area contributed by atoms with E-state index in [0.29, 0.717) is 29.6 Å². The Morgan fingerprint density at radius 2 is 1.92 bits per heavy atom. The first-order valence-electron chi connectivity index (χ1n) is 10.8. The Hall–Kier alpha value is -1.12. The summed E-state index contributed by atoms with van der Waals surface area (Å²) in [7, 11) is 0. The maximum atomic E-state index is 12.5. The van der Waals surface area contributed by atoms with Gasteiger partial charge >= 0.3 is 5.97 Å². The normalized spacial score (nSPS) is 46.4. The molecule has 3 nitrogen and oxygen atoms in total. The number of Topliss-reactive ketones (excluding diaryl/α,β-unsaturated/α-hetero) is 1. The zero-order chi connectivity index (χ0) is 18.5. The monoisotopic (exact) mass is 358 g/mol. The van der Waals surface area contributed by atoms with Crippen molar-refractivity contribution in [3.63, 3.8) is 0 Å². The average Bonchev–Trinajstić information content (AvgIpc) is 2.91. The molecule has 0 saturated heterocycles. The Bertz CT molecular complexity index is 635. The maximum absolute atomic E-state index is 12.5. The number of hydrogen-bond acceptors (Lipinski definition) is 3. The molecule has 26 heavy (non-hydrogen) atoms. The zero-order valence-electron chi connectivity index (χ0n) is 16.7. The molecule has 4 fully saturated rings. The Labute approximate surface area is 157 Å². The molecule has 6 atom stereocenters. The fourth-order valence-corrected chi connectivity index (χ4v) is 7.36. The van der Waals surface area contributed by atoms with Crippen LogP contribution in [0.1, 0.15) is 78.6 Å². The third-order valence-electron chi connectivity index (χ3n) is 8.88. The summed E-state index contributed by atoms with van der Waals surface area (Å²) in [4.78, 5) is 24.4. The lowest BCUT2D eigenvalue weighted by Gasteiger charge is -2.59. The van der Waals surface area contributed by atoms with Gasteiger partial charge in [0, 0.05) is 17.9 Å². The van der Waals surface area contributed by atoms with Crippen LogP contribution in [0.25, 0.3) is 0 Å². The molecule has 4 aliphatic carbocycles. The van der Waals surface area contributed by atoms with Gasteiger partial charge in [0.05, 0.1) is 6.61 Å². The van der Waals surface area contributed by atoms with Crippen molar-refractivity contribution in [1.82, 2.24) is 0 Å². The molecule has 0 aromatic carbocycles. The molecular weight excluding hydrogens is 324 g/mol. The van der Waals surface area contributed by atoms with Crippen LogP contribution in [0.15, 0.2) is 11.6 Å². The van der Waals surface area contributed by atoms with Crippen molar-refractivity contribution in [2.45, 2.75) is 78.6 Å². The number of allylic oxidation sites excluding steroid dienone is 1. The van der Waals surface area contributed by atoms with Gasteiger partial charge in [-0.3, -0.25) is 4.79 Å². The third kappa shape index (κ3) is 2.68. The van der Waals surface area contributed by atoms with Crippen LogP contribution < -0.4 is 0 Å². The summed E-state index contributed by atoms with van der Waals surface area (Å²) < 4.78 is 5.11. The van der Waals surface area contributed by atoms with E-state index in [-0.39, 0.29) is 11.4 Å². The highest BCUT2D eigenvalue weighted by molar-refractivity contribution is 5.87. The number of rotatable bonds is 2. The fourth-order valence-electron chi connectivity index (χ4n) is 7.36. The molecule has 4 rings (SSSR count). The second-order valence-corrected chi connectivity index (χ2v) is 9.83. The molecule has 0 aromatic rings. The molecule has 0 aromatic heterocycles. The Kier molecular flexibility index (Phi) is 4.56. The van der Waals surface area contributed by atoms with Gasteiger partial charge in [-0.1, -0.05) is 19.4 Å². The van der Waals surface area contributed by atoms with E-state index >= 15 is 0 Å². The molecule has 0 spiro atoms. The first-order valence-corrected chi connectivity index (χ1v) is 10.8. The smallest absolute Gasteiger partial charge is 0.330 e. The second kappa shape index (κ2) is 6.49. The lowest BCUT2D eigenvalue weighted by Crippen LogP contribution is -2.53. The average molecular weight is 359 g/mol. The summed E-state index contributed by atoms with van der Waals surface area (Å²) >= 11 is 0. The lowest BCUT2D eigenvalue weighted by molar-refractivity contribution is -0.137. The maximum Gasteiger partial charge on any atom is 0.330 e. The van der Waals surface area contributed by atoms with Crippen molar-refractivity contribution in [2.75, 3.05) is 6.61 Å². The molecule has 0 heterocycles. The van der Waals surface area contributed by atoms with Gasteiger partial charge in [-0.15, -0.1) is 0 Å². The van der Waals surface area contributed by atoms with Gasteiger partial charge in [0.25, 0.3) is 0 Å². The van der Waals surface area contributed by atoms with Crippen LogP contribution in [0.3, 0.4) is 0 Å². The quantitative estimate of drug-likeness (QED) is 0.510. The van der Waals surface area contributed by atoms with E-state index in [9.17, 15) is 9.59 Å². The lowest BCUT2D eigenvalue weighted by atomic mass is 9.45. The standard InChI is InChI=1S/C23H34O3/c1-4-26-21(25)14-15-9-11-22(2)16(13-15)5-6-17-18-7-8-20(24)23(18,3)12-10-19(17)22/h14,16-19H,4-13H2,1-3H3/b15-14+/t16-,17+,18+,19+,22+,23+/m1/s1. The van der Waals surface area contributed by atoms with Crippen molar-refractivity contribution in [3.8, 4) is 0 Å². The summed E-state index contributed by atoms with van der Waals surface area (Å²) in [6, 6.07) is 0. The second-order valence-electron chi connectivity index (χ2n) is 9.83. The van der Waals surface area contributed by atoms with Gasteiger partial charge in [0.1, 0.15) is 5.78 Å². The molecule has 0 unspecified atom stereocenters. The number of ether oxygens (including phenoxy) is 1. The van der Waals surface area contributed by atoms with Gasteiger partial charge in [-0.2, -0.15) is 0 Å². The number of ketones is 1. The topological polar surface area (TPSA) is 43.4 Å². The van der Waals surface area contributed by atoms with E-state index in [1.54, 1.807) is 6.08 Å². The zero-order valence-corrected chi connectivity index (χ0v) is 16.7. The SMILES string of the molecule is CCOC(=O)/C=C1\CC[C@@]2(C)[C@H](CC[C@@H]3[C@@H]2CC[C@]2(C)C(=O)CC[C@@H]32)C1. The highest BCUT2D eigenvalue weighted by atomic mass is 16.5. The van der Waals surface area contributed by atoms with Crippen LogP contribution >= 0.6 is 0 Å². The van der Waals surface area contributed by atoms with E-state index in [0.717, 1.165) is 43.9 Å². The van der Waals surface area contributed by atoms with Gasteiger partial charge in [-0.05, 0) is 87.4 Å². The van der Waals surface area contributed by atoms with Crippen LogP contribution in [0.5, 0.6) is 0 Å². The molecule has 0 N–H and O–H groups in total. The number of carbonyl (C=O) groups excluding carboxylic acids is 2. The molecule has 0 bridgehead atoms. The first-order chi connectivity index (χ1) is 12.4. The van der Waals surface area contributed by atoms with E-state index in [1.165, 1.54) is 31.3 Å². The minimum absolute atomic E-state index is 0.0198. The van der Waals surface area contributed by atoms with Crippen LogP contribution in [-0.4, -0.2) is 18.4 Å². The van der Waals surface area contributed by atoms with E-state index in [1.807, 2.05) is 6.92 Å². The van der Waals surface area contributed by atoms with Gasteiger partial charge in [-0.25, -0.2) is 4.79 Å². The molecular formula is C23H34O3. The Morgan fingerprint density at radius 3 is 2.69 bits per heavy atom. The minimum atomic E-state index is -0.169. The molecule has 0 radical (unpaired) electrons. The molecule has 0 amide bonds. The number of carbonyl (C=O) groups is 2. The largest absolute Gasteiger partial charge is 0.463 e. The van der Waals surface area contributed by atoms with Crippen molar-refractivity contribution in [1.29, 1.82) is 0 Å². The van der Waals surface area contributed by atoms with Crippen LogP contribution in [0.2, 0.25) is 0 Å².